The molecule has 1 saturated carbocycles. The van der Waals surface area contributed by atoms with Crippen LogP contribution in [0, 0.1) is 11.3 Å². The summed E-state index contributed by atoms with van der Waals surface area (Å²) in [6.07, 6.45) is 6.65. The molecular formula is C18H24N5O5P. The lowest BCUT2D eigenvalue weighted by atomic mass is 9.87. The summed E-state index contributed by atoms with van der Waals surface area (Å²) in [5.41, 5.74) is 1.77. The Kier molecular flexibility index (Phi) is 4.85. The van der Waals surface area contributed by atoms with E-state index in [2.05, 4.69) is 24.9 Å². The van der Waals surface area contributed by atoms with Gasteiger partial charge in [-0.05, 0) is 24.2 Å². The monoisotopic (exact) mass is 421 g/mol. The highest BCUT2D eigenvalue weighted by molar-refractivity contribution is 7.46. The van der Waals surface area contributed by atoms with Crippen molar-refractivity contribution in [3.63, 3.8) is 0 Å². The third kappa shape index (κ3) is 4.11. The first-order valence-corrected chi connectivity index (χ1v) is 11.0. The highest BCUT2D eigenvalue weighted by atomic mass is 31.2. The van der Waals surface area contributed by atoms with E-state index < -0.39 is 19.3 Å². The second-order valence-electron chi connectivity index (χ2n) is 8.67. The van der Waals surface area contributed by atoms with Crippen LogP contribution in [0.15, 0.2) is 18.6 Å². The molecule has 3 atom stereocenters. The van der Waals surface area contributed by atoms with Gasteiger partial charge in [0.1, 0.15) is 0 Å². The molecule has 2 aliphatic carbocycles. The number of carbonyl (C=O) groups excluding carboxylic acids is 1. The standard InChI is InChI=1S/C18H24N5O5P/c1-18(2,3)13(9-28-29(25,26)27)21-17(24)15-12-7-10-6-11(10)16(12)23(22-15)14-8-19-4-5-20-14/h4-5,8,10-11,13H,6-7,9H2,1-3H3,(H,21,24)(H2,25,26,27)/t10-,11-,13?/m1/s1. The van der Waals surface area contributed by atoms with Crippen molar-refractivity contribution in [2.24, 2.45) is 11.3 Å². The van der Waals surface area contributed by atoms with Crippen LogP contribution in [0.1, 0.15) is 54.9 Å². The Labute approximate surface area is 168 Å². The first-order valence-electron chi connectivity index (χ1n) is 9.43. The second-order valence-corrected chi connectivity index (χ2v) is 9.91. The summed E-state index contributed by atoms with van der Waals surface area (Å²) >= 11 is 0. The molecule has 2 aromatic rings. The summed E-state index contributed by atoms with van der Waals surface area (Å²) in [7, 11) is -4.64. The summed E-state index contributed by atoms with van der Waals surface area (Å²) < 4.78 is 17.5. The molecule has 11 heteroatoms. The Morgan fingerprint density at radius 3 is 2.79 bits per heavy atom. The van der Waals surface area contributed by atoms with Gasteiger partial charge in [0.25, 0.3) is 5.91 Å². The highest BCUT2D eigenvalue weighted by Crippen LogP contribution is 2.57. The van der Waals surface area contributed by atoms with E-state index in [1.54, 1.807) is 23.3 Å². The summed E-state index contributed by atoms with van der Waals surface area (Å²) in [5.74, 6) is 1.10. The number of hydrogen-bond donors (Lipinski definition) is 3. The quantitative estimate of drug-likeness (QED) is 0.598. The molecule has 29 heavy (non-hydrogen) atoms. The van der Waals surface area contributed by atoms with E-state index >= 15 is 0 Å². The number of phosphoric acid groups is 1. The molecule has 1 fully saturated rings. The van der Waals surface area contributed by atoms with Gasteiger partial charge in [0.15, 0.2) is 11.5 Å². The van der Waals surface area contributed by atoms with Crippen molar-refractivity contribution in [2.75, 3.05) is 6.61 Å². The zero-order valence-electron chi connectivity index (χ0n) is 16.4. The number of fused-ring (bicyclic) bond motifs is 3. The van der Waals surface area contributed by atoms with Crippen molar-refractivity contribution >= 4 is 13.7 Å². The molecule has 0 spiro atoms. The zero-order chi connectivity index (χ0) is 21.0. The van der Waals surface area contributed by atoms with Crippen LogP contribution in [0.3, 0.4) is 0 Å². The van der Waals surface area contributed by atoms with E-state index in [9.17, 15) is 9.36 Å². The van der Waals surface area contributed by atoms with Crippen LogP contribution in [0.4, 0.5) is 0 Å². The molecule has 0 bridgehead atoms. The summed E-state index contributed by atoms with van der Waals surface area (Å²) in [4.78, 5) is 39.5. The van der Waals surface area contributed by atoms with Gasteiger partial charge in [-0.1, -0.05) is 20.8 Å². The molecule has 0 saturated heterocycles. The molecule has 10 nitrogen and oxygen atoms in total. The molecule has 0 aromatic carbocycles. The van der Waals surface area contributed by atoms with Crippen LogP contribution in [0.2, 0.25) is 0 Å². The fourth-order valence-electron chi connectivity index (χ4n) is 3.78. The first-order chi connectivity index (χ1) is 13.5. The fourth-order valence-corrected chi connectivity index (χ4v) is 4.12. The largest absolute Gasteiger partial charge is 0.469 e. The van der Waals surface area contributed by atoms with Crippen molar-refractivity contribution in [2.45, 2.75) is 45.6 Å². The number of phosphoric ester groups is 1. The fraction of sp³-hybridized carbons (Fsp3) is 0.556. The Bertz CT molecular complexity index is 981. The molecule has 1 amide bonds. The highest BCUT2D eigenvalue weighted by Gasteiger charge is 2.50. The average Bonchev–Trinajstić information content (AvgIpc) is 3.13. The van der Waals surface area contributed by atoms with Gasteiger partial charge in [0, 0.05) is 23.9 Å². The Morgan fingerprint density at radius 2 is 2.17 bits per heavy atom. The number of hydrogen-bond acceptors (Lipinski definition) is 6. The average molecular weight is 421 g/mol. The van der Waals surface area contributed by atoms with Gasteiger partial charge in [0.05, 0.1) is 24.5 Å². The van der Waals surface area contributed by atoms with Gasteiger partial charge in [-0.3, -0.25) is 14.3 Å². The van der Waals surface area contributed by atoms with Gasteiger partial charge in [0.2, 0.25) is 0 Å². The smallest absolute Gasteiger partial charge is 0.345 e. The van der Waals surface area contributed by atoms with E-state index in [0.717, 1.165) is 24.1 Å². The van der Waals surface area contributed by atoms with Crippen LogP contribution in [-0.4, -0.2) is 48.1 Å². The Balaban J connectivity index is 1.62. The van der Waals surface area contributed by atoms with Gasteiger partial charge in [-0.15, -0.1) is 0 Å². The van der Waals surface area contributed by atoms with E-state index in [-0.39, 0.29) is 12.5 Å². The number of amides is 1. The minimum absolute atomic E-state index is 0.308. The molecule has 3 N–H and O–H groups in total. The maximum Gasteiger partial charge on any atom is 0.469 e. The van der Waals surface area contributed by atoms with Gasteiger partial charge in [-0.25, -0.2) is 14.2 Å². The van der Waals surface area contributed by atoms with Crippen molar-refractivity contribution < 1.29 is 23.7 Å². The third-order valence-corrected chi connectivity index (χ3v) is 5.99. The number of nitrogens with one attached hydrogen (secondary N) is 1. The zero-order valence-corrected chi connectivity index (χ0v) is 17.3. The van der Waals surface area contributed by atoms with E-state index in [4.69, 9.17) is 9.79 Å². The molecule has 156 valence electrons. The van der Waals surface area contributed by atoms with Crippen LogP contribution >= 0.6 is 7.82 Å². The summed E-state index contributed by atoms with van der Waals surface area (Å²) in [5, 5.41) is 7.38. The Morgan fingerprint density at radius 1 is 1.41 bits per heavy atom. The second kappa shape index (κ2) is 6.98. The molecular weight excluding hydrogens is 397 g/mol. The van der Waals surface area contributed by atoms with E-state index in [1.165, 1.54) is 0 Å². The van der Waals surface area contributed by atoms with Crippen LogP contribution in [-0.2, 0) is 15.5 Å². The predicted octanol–water partition coefficient (Wildman–Crippen LogP) is 1.58. The maximum absolute atomic E-state index is 13.1. The number of aromatic nitrogens is 4. The normalized spacial score (nSPS) is 21.4. The minimum atomic E-state index is -4.64. The predicted molar refractivity (Wildman–Crippen MR) is 102 cm³/mol. The van der Waals surface area contributed by atoms with Crippen LogP contribution in [0.25, 0.3) is 5.82 Å². The van der Waals surface area contributed by atoms with E-state index in [0.29, 0.717) is 23.3 Å². The van der Waals surface area contributed by atoms with Crippen molar-refractivity contribution in [1.82, 2.24) is 25.1 Å². The minimum Gasteiger partial charge on any atom is -0.345 e. The SMILES string of the molecule is CC(C)(C)C(COP(=O)(O)O)NC(=O)c1nn(-c2cnccn2)c2c1C[C@H]1C[C@@H]21. The van der Waals surface area contributed by atoms with Gasteiger partial charge in [-0.2, -0.15) is 5.10 Å². The van der Waals surface area contributed by atoms with Crippen molar-refractivity contribution in [1.29, 1.82) is 0 Å². The summed E-state index contributed by atoms with van der Waals surface area (Å²) in [6.45, 7) is 5.27. The van der Waals surface area contributed by atoms with Crippen molar-refractivity contribution in [3.05, 3.63) is 35.5 Å². The summed E-state index contributed by atoms with van der Waals surface area (Å²) in [6, 6.07) is -0.615. The lowest BCUT2D eigenvalue weighted by Crippen LogP contribution is -2.47. The van der Waals surface area contributed by atoms with Crippen LogP contribution < -0.4 is 5.32 Å². The van der Waals surface area contributed by atoms with Crippen LogP contribution in [0.5, 0.6) is 0 Å². The maximum atomic E-state index is 13.1. The number of carbonyl (C=O) groups is 1. The lowest BCUT2D eigenvalue weighted by Gasteiger charge is -2.31. The molecule has 2 heterocycles. The lowest BCUT2D eigenvalue weighted by molar-refractivity contribution is 0.0825. The first kappa shape index (κ1) is 20.2. The topological polar surface area (TPSA) is 139 Å². The third-order valence-electron chi connectivity index (χ3n) is 5.51. The van der Waals surface area contributed by atoms with Crippen molar-refractivity contribution in [3.8, 4) is 5.82 Å². The molecule has 1 unspecified atom stereocenters. The molecule has 0 radical (unpaired) electrons. The molecule has 4 rings (SSSR count). The number of rotatable bonds is 6. The van der Waals surface area contributed by atoms with E-state index in [1.807, 2.05) is 20.8 Å². The molecule has 0 aliphatic heterocycles. The van der Waals surface area contributed by atoms with Gasteiger partial charge < -0.3 is 15.1 Å². The van der Waals surface area contributed by atoms with Gasteiger partial charge >= 0.3 is 7.82 Å². The Hall–Kier alpha value is -2.13. The number of nitrogens with zero attached hydrogens (tertiary/aromatic N) is 4. The molecule has 2 aliphatic rings. The molecule has 2 aromatic heterocycles.